The number of rotatable bonds is 7. The van der Waals surface area contributed by atoms with Gasteiger partial charge in [0, 0.05) is 19.2 Å². The zero-order valence-corrected chi connectivity index (χ0v) is 11.2. The second-order valence-corrected chi connectivity index (χ2v) is 5.06. The van der Waals surface area contributed by atoms with Crippen LogP contribution in [0, 0.1) is 5.92 Å². The molecule has 0 aromatic heterocycles. The minimum Gasteiger partial charge on any atom is -0.380 e. The van der Waals surface area contributed by atoms with Crippen molar-refractivity contribution in [2.24, 2.45) is 5.92 Å². The summed E-state index contributed by atoms with van der Waals surface area (Å²) in [4.78, 5) is 2.52. The van der Waals surface area contributed by atoms with Crippen molar-refractivity contribution in [3.8, 4) is 0 Å². The summed E-state index contributed by atoms with van der Waals surface area (Å²) in [6.07, 6.45) is 2.62. The predicted octanol–water partition coefficient (Wildman–Crippen LogP) is 1.73. The standard InChI is InChI=1S/C13H28N2O/c1-4-15-8-5-13(6-9-15)11-16-10-7-14-12(2)3/h12-14H,4-11H2,1-3H3. The van der Waals surface area contributed by atoms with E-state index in [1.54, 1.807) is 0 Å². The van der Waals surface area contributed by atoms with E-state index in [1.807, 2.05) is 0 Å². The molecule has 0 bridgehead atoms. The highest BCUT2D eigenvalue weighted by atomic mass is 16.5. The quantitative estimate of drug-likeness (QED) is 0.672. The first-order valence-electron chi connectivity index (χ1n) is 6.75. The molecule has 1 aliphatic rings. The molecule has 0 amide bonds. The molecule has 1 rings (SSSR count). The summed E-state index contributed by atoms with van der Waals surface area (Å²) >= 11 is 0. The van der Waals surface area contributed by atoms with Crippen LogP contribution in [0.4, 0.5) is 0 Å². The van der Waals surface area contributed by atoms with Gasteiger partial charge in [0.1, 0.15) is 0 Å². The lowest BCUT2D eigenvalue weighted by molar-refractivity contribution is 0.0690. The summed E-state index contributed by atoms with van der Waals surface area (Å²) in [7, 11) is 0. The number of nitrogens with one attached hydrogen (secondary N) is 1. The summed E-state index contributed by atoms with van der Waals surface area (Å²) < 4.78 is 5.71. The van der Waals surface area contributed by atoms with E-state index >= 15 is 0 Å². The molecule has 1 fully saturated rings. The topological polar surface area (TPSA) is 24.5 Å². The number of hydrogen-bond acceptors (Lipinski definition) is 3. The minimum absolute atomic E-state index is 0.566. The van der Waals surface area contributed by atoms with Crippen LogP contribution in [-0.4, -0.2) is 50.3 Å². The van der Waals surface area contributed by atoms with Crippen LogP contribution in [0.25, 0.3) is 0 Å². The van der Waals surface area contributed by atoms with Gasteiger partial charge in [-0.05, 0) is 38.4 Å². The van der Waals surface area contributed by atoms with E-state index in [1.165, 1.54) is 32.5 Å². The zero-order chi connectivity index (χ0) is 11.8. The summed E-state index contributed by atoms with van der Waals surface area (Å²) in [5.41, 5.74) is 0. The number of hydrogen-bond donors (Lipinski definition) is 1. The highest BCUT2D eigenvalue weighted by Gasteiger charge is 2.17. The van der Waals surface area contributed by atoms with Crippen molar-refractivity contribution in [2.45, 2.75) is 39.7 Å². The van der Waals surface area contributed by atoms with Crippen molar-refractivity contribution in [1.29, 1.82) is 0 Å². The Morgan fingerprint density at radius 2 is 2.00 bits per heavy atom. The third-order valence-corrected chi connectivity index (χ3v) is 3.31. The van der Waals surface area contributed by atoms with Gasteiger partial charge in [0.2, 0.25) is 0 Å². The molecule has 0 aromatic carbocycles. The maximum absolute atomic E-state index is 5.71. The Hall–Kier alpha value is -0.120. The molecule has 0 saturated carbocycles. The average molecular weight is 228 g/mol. The van der Waals surface area contributed by atoms with Gasteiger partial charge in [-0.3, -0.25) is 0 Å². The molecule has 0 aromatic rings. The van der Waals surface area contributed by atoms with Crippen LogP contribution in [0.3, 0.4) is 0 Å². The Morgan fingerprint density at radius 3 is 2.56 bits per heavy atom. The first-order valence-corrected chi connectivity index (χ1v) is 6.75. The summed E-state index contributed by atoms with van der Waals surface area (Å²) in [6, 6.07) is 0.566. The smallest absolute Gasteiger partial charge is 0.0591 e. The minimum atomic E-state index is 0.566. The fourth-order valence-electron chi connectivity index (χ4n) is 2.14. The molecule has 1 saturated heterocycles. The first kappa shape index (κ1) is 13.9. The Morgan fingerprint density at radius 1 is 1.31 bits per heavy atom. The molecule has 16 heavy (non-hydrogen) atoms. The zero-order valence-electron chi connectivity index (χ0n) is 11.2. The summed E-state index contributed by atoms with van der Waals surface area (Å²) in [6.45, 7) is 13.1. The van der Waals surface area contributed by atoms with Gasteiger partial charge in [-0.1, -0.05) is 20.8 Å². The third-order valence-electron chi connectivity index (χ3n) is 3.31. The molecule has 1 aliphatic heterocycles. The fourth-order valence-corrected chi connectivity index (χ4v) is 2.14. The third kappa shape index (κ3) is 5.83. The highest BCUT2D eigenvalue weighted by Crippen LogP contribution is 2.16. The lowest BCUT2D eigenvalue weighted by Gasteiger charge is -2.30. The van der Waals surface area contributed by atoms with Crippen LogP contribution in [0.2, 0.25) is 0 Å². The Labute approximate surface area is 101 Å². The number of ether oxygens (including phenoxy) is 1. The second kappa shape index (κ2) is 8.04. The molecule has 1 heterocycles. The molecule has 96 valence electrons. The van der Waals surface area contributed by atoms with Gasteiger partial charge in [0.05, 0.1) is 6.61 Å². The Balaban J connectivity index is 1.94. The van der Waals surface area contributed by atoms with Crippen LogP contribution < -0.4 is 5.32 Å². The van der Waals surface area contributed by atoms with Crippen LogP contribution in [-0.2, 0) is 4.74 Å². The molecular weight excluding hydrogens is 200 g/mol. The number of likely N-dealkylation sites (tertiary alicyclic amines) is 1. The van der Waals surface area contributed by atoms with Gasteiger partial charge < -0.3 is 15.0 Å². The van der Waals surface area contributed by atoms with Crippen molar-refractivity contribution in [3.05, 3.63) is 0 Å². The molecule has 0 atom stereocenters. The van der Waals surface area contributed by atoms with Gasteiger partial charge in [-0.25, -0.2) is 0 Å². The van der Waals surface area contributed by atoms with E-state index in [0.29, 0.717) is 6.04 Å². The number of piperidine rings is 1. The maximum atomic E-state index is 5.71. The van der Waals surface area contributed by atoms with Crippen molar-refractivity contribution < 1.29 is 4.74 Å². The largest absolute Gasteiger partial charge is 0.380 e. The second-order valence-electron chi connectivity index (χ2n) is 5.06. The summed E-state index contributed by atoms with van der Waals surface area (Å²) in [5.74, 6) is 0.793. The van der Waals surface area contributed by atoms with E-state index in [2.05, 4.69) is 31.0 Å². The van der Waals surface area contributed by atoms with E-state index in [-0.39, 0.29) is 0 Å². The first-order chi connectivity index (χ1) is 7.72. The van der Waals surface area contributed by atoms with Crippen LogP contribution in [0.1, 0.15) is 33.6 Å². The van der Waals surface area contributed by atoms with Crippen molar-refractivity contribution in [3.63, 3.8) is 0 Å². The van der Waals surface area contributed by atoms with Crippen LogP contribution in [0.5, 0.6) is 0 Å². The van der Waals surface area contributed by atoms with E-state index in [9.17, 15) is 0 Å². The Kier molecular flexibility index (Phi) is 7.01. The van der Waals surface area contributed by atoms with Crippen molar-refractivity contribution in [2.75, 3.05) is 39.4 Å². The van der Waals surface area contributed by atoms with Gasteiger partial charge in [-0.2, -0.15) is 0 Å². The molecular formula is C13H28N2O. The van der Waals surface area contributed by atoms with E-state index in [4.69, 9.17) is 4.74 Å². The van der Waals surface area contributed by atoms with Gasteiger partial charge >= 0.3 is 0 Å². The average Bonchev–Trinajstić information content (AvgIpc) is 2.29. The monoisotopic (exact) mass is 228 g/mol. The van der Waals surface area contributed by atoms with Crippen molar-refractivity contribution in [1.82, 2.24) is 10.2 Å². The van der Waals surface area contributed by atoms with Gasteiger partial charge in [0.25, 0.3) is 0 Å². The molecule has 0 aliphatic carbocycles. The molecule has 3 heteroatoms. The molecule has 0 unspecified atom stereocenters. The van der Waals surface area contributed by atoms with Gasteiger partial charge in [0.15, 0.2) is 0 Å². The highest BCUT2D eigenvalue weighted by molar-refractivity contribution is 4.71. The maximum Gasteiger partial charge on any atom is 0.0591 e. The van der Waals surface area contributed by atoms with E-state index < -0.39 is 0 Å². The fraction of sp³-hybridized carbons (Fsp3) is 1.00. The van der Waals surface area contributed by atoms with Crippen LogP contribution >= 0.6 is 0 Å². The predicted molar refractivity (Wildman–Crippen MR) is 68.8 cm³/mol. The Bertz CT molecular complexity index is 165. The normalized spacial score (nSPS) is 19.5. The van der Waals surface area contributed by atoms with E-state index in [0.717, 1.165) is 25.7 Å². The molecule has 1 N–H and O–H groups in total. The van der Waals surface area contributed by atoms with Crippen molar-refractivity contribution >= 4 is 0 Å². The lowest BCUT2D eigenvalue weighted by Crippen LogP contribution is -2.35. The van der Waals surface area contributed by atoms with Gasteiger partial charge in [-0.15, -0.1) is 0 Å². The van der Waals surface area contributed by atoms with Crippen LogP contribution in [0.15, 0.2) is 0 Å². The molecule has 0 spiro atoms. The molecule has 3 nitrogen and oxygen atoms in total. The lowest BCUT2D eigenvalue weighted by atomic mass is 9.98. The summed E-state index contributed by atoms with van der Waals surface area (Å²) in [5, 5.41) is 3.37. The molecule has 0 radical (unpaired) electrons. The number of nitrogens with zero attached hydrogens (tertiary/aromatic N) is 1. The SMILES string of the molecule is CCN1CCC(COCCNC(C)C)CC1.